The number of benzene rings is 3. The molecule has 0 N–H and O–H groups in total. The molecule has 1 saturated heterocycles. The molecule has 1 fully saturated rings. The van der Waals surface area contributed by atoms with Crippen molar-refractivity contribution < 1.29 is 4.79 Å². The van der Waals surface area contributed by atoms with E-state index in [4.69, 9.17) is 0 Å². The maximum Gasteiger partial charge on any atom is 0.227 e. The van der Waals surface area contributed by atoms with Crippen LogP contribution >= 0.6 is 0 Å². The van der Waals surface area contributed by atoms with Gasteiger partial charge >= 0.3 is 0 Å². The zero-order valence-corrected chi connectivity index (χ0v) is 16.7. The Balaban J connectivity index is 1.53. The summed E-state index contributed by atoms with van der Waals surface area (Å²) in [6.45, 7) is 3.91. The highest BCUT2D eigenvalue weighted by Gasteiger charge is 2.32. The van der Waals surface area contributed by atoms with Gasteiger partial charge in [0.1, 0.15) is 0 Å². The van der Waals surface area contributed by atoms with Crippen LogP contribution in [0.25, 0.3) is 10.8 Å². The number of nitrogens with zero attached hydrogens (tertiary/aromatic N) is 2. The molecule has 0 saturated carbocycles. The summed E-state index contributed by atoms with van der Waals surface area (Å²) in [7, 11) is 2.16. The van der Waals surface area contributed by atoms with Crippen LogP contribution in [0.1, 0.15) is 18.1 Å². The molecular weight excluding hydrogens is 344 g/mol. The molecule has 1 unspecified atom stereocenters. The van der Waals surface area contributed by atoms with Gasteiger partial charge in [-0.25, -0.2) is 0 Å². The zero-order chi connectivity index (χ0) is 19.5. The lowest BCUT2D eigenvalue weighted by Crippen LogP contribution is -2.58. The molecule has 1 aliphatic rings. The quantitative estimate of drug-likeness (QED) is 0.687. The van der Waals surface area contributed by atoms with Crippen LogP contribution in [0.15, 0.2) is 72.8 Å². The highest BCUT2D eigenvalue weighted by molar-refractivity contribution is 5.85. The van der Waals surface area contributed by atoms with Crippen LogP contribution in [0.5, 0.6) is 0 Å². The molecule has 3 heteroatoms. The lowest BCUT2D eigenvalue weighted by atomic mass is 9.98. The van der Waals surface area contributed by atoms with Gasteiger partial charge in [-0.15, -0.1) is 0 Å². The Bertz CT molecular complexity index is 953. The van der Waals surface area contributed by atoms with Crippen LogP contribution < -0.4 is 0 Å². The number of fused-ring (bicyclic) bond motifs is 1. The zero-order valence-electron chi connectivity index (χ0n) is 16.7. The SMILES string of the molecule is C[C@H]1CN(C(=O)Cc2ccc3ccccc3c2)C(Cc2ccccc2)CN1C. The van der Waals surface area contributed by atoms with Crippen LogP contribution in [0, 0.1) is 0 Å². The second-order valence-electron chi connectivity index (χ2n) is 8.04. The summed E-state index contributed by atoms with van der Waals surface area (Å²) < 4.78 is 0. The average Bonchev–Trinajstić information content (AvgIpc) is 2.71. The number of amides is 1. The first-order valence-electron chi connectivity index (χ1n) is 10.1. The molecule has 0 radical (unpaired) electrons. The van der Waals surface area contributed by atoms with Crippen molar-refractivity contribution >= 4 is 16.7 Å². The Morgan fingerprint density at radius 1 is 0.893 bits per heavy atom. The minimum atomic E-state index is 0.219. The van der Waals surface area contributed by atoms with Gasteiger partial charge in [-0.2, -0.15) is 0 Å². The third kappa shape index (κ3) is 4.10. The Hall–Kier alpha value is -2.65. The Morgan fingerprint density at radius 2 is 1.61 bits per heavy atom. The summed E-state index contributed by atoms with van der Waals surface area (Å²) >= 11 is 0. The summed E-state index contributed by atoms with van der Waals surface area (Å²) in [5.74, 6) is 0.233. The van der Waals surface area contributed by atoms with Crippen LogP contribution in [-0.4, -0.2) is 47.9 Å². The molecule has 2 atom stereocenters. The van der Waals surface area contributed by atoms with Crippen molar-refractivity contribution in [1.29, 1.82) is 0 Å². The van der Waals surface area contributed by atoms with Gasteiger partial charge in [-0.3, -0.25) is 9.69 Å². The van der Waals surface area contributed by atoms with Gasteiger partial charge in [0.25, 0.3) is 0 Å². The first kappa shape index (κ1) is 18.7. The smallest absolute Gasteiger partial charge is 0.227 e. The van der Waals surface area contributed by atoms with E-state index in [1.807, 2.05) is 18.2 Å². The van der Waals surface area contributed by atoms with E-state index in [0.29, 0.717) is 12.5 Å². The van der Waals surface area contributed by atoms with Crippen molar-refractivity contribution in [3.05, 3.63) is 83.9 Å². The molecule has 1 heterocycles. The molecule has 1 aliphatic heterocycles. The fourth-order valence-corrected chi connectivity index (χ4v) is 4.18. The molecule has 0 bridgehead atoms. The Morgan fingerprint density at radius 3 is 2.39 bits per heavy atom. The van der Waals surface area contributed by atoms with E-state index >= 15 is 0 Å². The van der Waals surface area contributed by atoms with E-state index in [1.165, 1.54) is 16.3 Å². The predicted octanol–water partition coefficient (Wildman–Crippen LogP) is 4.16. The van der Waals surface area contributed by atoms with Gasteiger partial charge in [0.15, 0.2) is 0 Å². The molecule has 28 heavy (non-hydrogen) atoms. The molecule has 0 aliphatic carbocycles. The number of hydrogen-bond acceptors (Lipinski definition) is 2. The first-order chi connectivity index (χ1) is 13.6. The lowest BCUT2D eigenvalue weighted by Gasteiger charge is -2.44. The monoisotopic (exact) mass is 372 g/mol. The molecule has 144 valence electrons. The van der Waals surface area contributed by atoms with E-state index < -0.39 is 0 Å². The standard InChI is InChI=1S/C25H28N2O/c1-19-17-27(24(18-26(19)2)15-20-8-4-3-5-9-20)25(28)16-21-12-13-22-10-6-7-11-23(22)14-21/h3-14,19,24H,15-18H2,1-2H3/t19-,24?/m0/s1. The topological polar surface area (TPSA) is 23.6 Å². The third-order valence-electron chi connectivity index (χ3n) is 5.96. The molecule has 0 aromatic heterocycles. The molecule has 4 rings (SSSR count). The number of carbonyl (C=O) groups excluding carboxylic acids is 1. The lowest BCUT2D eigenvalue weighted by molar-refractivity contribution is -0.136. The molecule has 1 amide bonds. The highest BCUT2D eigenvalue weighted by atomic mass is 16.2. The van der Waals surface area contributed by atoms with Crippen molar-refractivity contribution in [2.24, 2.45) is 0 Å². The normalized spacial score (nSPS) is 20.4. The van der Waals surface area contributed by atoms with Gasteiger partial charge in [-0.1, -0.05) is 72.8 Å². The maximum atomic E-state index is 13.3. The summed E-state index contributed by atoms with van der Waals surface area (Å²) in [4.78, 5) is 17.8. The van der Waals surface area contributed by atoms with Crippen molar-refractivity contribution in [1.82, 2.24) is 9.80 Å². The molecule has 3 nitrogen and oxygen atoms in total. The predicted molar refractivity (Wildman–Crippen MR) is 115 cm³/mol. The van der Waals surface area contributed by atoms with Crippen LogP contribution in [0.3, 0.4) is 0 Å². The summed E-state index contributed by atoms with van der Waals surface area (Å²) in [5, 5.41) is 2.41. The minimum Gasteiger partial charge on any atom is -0.336 e. The van der Waals surface area contributed by atoms with E-state index in [2.05, 4.69) is 78.4 Å². The second-order valence-corrected chi connectivity index (χ2v) is 8.04. The van der Waals surface area contributed by atoms with Gasteiger partial charge in [0.2, 0.25) is 5.91 Å². The van der Waals surface area contributed by atoms with Crippen molar-refractivity contribution in [3.63, 3.8) is 0 Å². The fourth-order valence-electron chi connectivity index (χ4n) is 4.18. The Labute approximate surface area is 167 Å². The number of piperazine rings is 1. The van der Waals surface area contributed by atoms with Gasteiger partial charge in [0, 0.05) is 25.2 Å². The van der Waals surface area contributed by atoms with Gasteiger partial charge in [0.05, 0.1) is 6.42 Å². The van der Waals surface area contributed by atoms with Crippen LogP contribution in [-0.2, 0) is 17.6 Å². The van der Waals surface area contributed by atoms with E-state index in [-0.39, 0.29) is 11.9 Å². The van der Waals surface area contributed by atoms with E-state index in [9.17, 15) is 4.79 Å². The van der Waals surface area contributed by atoms with Crippen molar-refractivity contribution in [2.45, 2.75) is 31.8 Å². The maximum absolute atomic E-state index is 13.3. The number of likely N-dealkylation sites (N-methyl/N-ethyl adjacent to an activating group) is 1. The molecule has 3 aromatic rings. The first-order valence-corrected chi connectivity index (χ1v) is 10.1. The molecule has 0 spiro atoms. The van der Waals surface area contributed by atoms with E-state index in [1.54, 1.807) is 0 Å². The van der Waals surface area contributed by atoms with Gasteiger partial charge in [-0.05, 0) is 42.3 Å². The number of rotatable bonds is 4. The van der Waals surface area contributed by atoms with Crippen molar-refractivity contribution in [3.8, 4) is 0 Å². The third-order valence-corrected chi connectivity index (χ3v) is 5.96. The number of hydrogen-bond donors (Lipinski definition) is 0. The van der Waals surface area contributed by atoms with Crippen LogP contribution in [0.4, 0.5) is 0 Å². The van der Waals surface area contributed by atoms with Crippen molar-refractivity contribution in [2.75, 3.05) is 20.1 Å². The summed E-state index contributed by atoms with van der Waals surface area (Å²) in [6, 6.07) is 25.8. The molecular formula is C25H28N2O. The Kier molecular flexibility index (Phi) is 5.45. The summed E-state index contributed by atoms with van der Waals surface area (Å²) in [5.41, 5.74) is 2.38. The summed E-state index contributed by atoms with van der Waals surface area (Å²) in [6.07, 6.45) is 1.37. The number of carbonyl (C=O) groups is 1. The largest absolute Gasteiger partial charge is 0.336 e. The van der Waals surface area contributed by atoms with E-state index in [0.717, 1.165) is 25.1 Å². The van der Waals surface area contributed by atoms with Gasteiger partial charge < -0.3 is 4.90 Å². The van der Waals surface area contributed by atoms with Crippen LogP contribution in [0.2, 0.25) is 0 Å². The average molecular weight is 373 g/mol. The highest BCUT2D eigenvalue weighted by Crippen LogP contribution is 2.21. The minimum absolute atomic E-state index is 0.219. The fraction of sp³-hybridized carbons (Fsp3) is 0.320. The second kappa shape index (κ2) is 8.15. The molecule has 3 aromatic carbocycles.